The van der Waals surface area contributed by atoms with Gasteiger partial charge in [-0.2, -0.15) is 0 Å². The number of carbonyl (C=O) groups excluding carboxylic acids is 1. The van der Waals surface area contributed by atoms with Crippen molar-refractivity contribution in [2.75, 3.05) is 6.54 Å². The van der Waals surface area contributed by atoms with Crippen LogP contribution in [0.4, 0.5) is 0 Å². The van der Waals surface area contributed by atoms with E-state index in [-0.39, 0.29) is 17.9 Å². The maximum Gasteiger partial charge on any atom is 0.226 e. The SMILES string of the molecule is Cc1ccccc1C1=NO[C@@H](CN(Cc2ccccc2Cl)C(=O)C2CCC2)C1. The molecule has 4 rings (SSSR count). The lowest BCUT2D eigenvalue weighted by Gasteiger charge is -2.33. The topological polar surface area (TPSA) is 41.9 Å². The molecule has 28 heavy (non-hydrogen) atoms. The Morgan fingerprint density at radius 2 is 1.93 bits per heavy atom. The zero-order chi connectivity index (χ0) is 19.5. The van der Waals surface area contributed by atoms with E-state index in [1.54, 1.807) is 0 Å². The Balaban J connectivity index is 1.46. The maximum atomic E-state index is 13.0. The quantitative estimate of drug-likeness (QED) is 0.691. The molecule has 0 saturated heterocycles. The van der Waals surface area contributed by atoms with Crippen LogP contribution in [0.3, 0.4) is 0 Å². The zero-order valence-corrected chi connectivity index (χ0v) is 16.9. The molecule has 0 radical (unpaired) electrons. The van der Waals surface area contributed by atoms with E-state index < -0.39 is 0 Å². The van der Waals surface area contributed by atoms with Crippen LogP contribution in [0.15, 0.2) is 53.7 Å². The Bertz CT molecular complexity index is 892. The summed E-state index contributed by atoms with van der Waals surface area (Å²) in [7, 11) is 0. The number of hydrogen-bond donors (Lipinski definition) is 0. The normalized spacial score (nSPS) is 18.9. The van der Waals surface area contributed by atoms with Crippen molar-refractivity contribution in [2.45, 2.75) is 45.3 Å². The molecule has 1 aliphatic heterocycles. The second-order valence-electron chi connectivity index (χ2n) is 7.72. The lowest BCUT2D eigenvalue weighted by molar-refractivity contribution is -0.140. The smallest absolute Gasteiger partial charge is 0.226 e. The first-order chi connectivity index (χ1) is 13.6. The molecule has 0 bridgehead atoms. The monoisotopic (exact) mass is 396 g/mol. The molecule has 1 aliphatic carbocycles. The summed E-state index contributed by atoms with van der Waals surface area (Å²) in [4.78, 5) is 20.6. The van der Waals surface area contributed by atoms with Gasteiger partial charge in [0.2, 0.25) is 5.91 Å². The molecule has 1 fully saturated rings. The fourth-order valence-corrected chi connectivity index (χ4v) is 4.00. The van der Waals surface area contributed by atoms with Gasteiger partial charge in [-0.15, -0.1) is 0 Å². The molecule has 5 heteroatoms. The Labute approximate surface area is 171 Å². The number of amides is 1. The second kappa shape index (κ2) is 8.36. The molecule has 146 valence electrons. The Hall–Kier alpha value is -2.33. The summed E-state index contributed by atoms with van der Waals surface area (Å²) in [6.45, 7) is 3.11. The van der Waals surface area contributed by atoms with Gasteiger partial charge in [0.05, 0.1) is 12.3 Å². The van der Waals surface area contributed by atoms with E-state index in [1.165, 1.54) is 5.56 Å². The van der Waals surface area contributed by atoms with Crippen LogP contribution in [0.25, 0.3) is 0 Å². The molecular formula is C23H25ClN2O2. The maximum absolute atomic E-state index is 13.0. The van der Waals surface area contributed by atoms with Crippen LogP contribution in [0.5, 0.6) is 0 Å². The fourth-order valence-electron chi connectivity index (χ4n) is 3.81. The van der Waals surface area contributed by atoms with Gasteiger partial charge in [-0.25, -0.2) is 0 Å². The minimum absolute atomic E-state index is 0.124. The number of carbonyl (C=O) groups is 1. The molecule has 0 spiro atoms. The van der Waals surface area contributed by atoms with Crippen LogP contribution in [0, 0.1) is 12.8 Å². The molecule has 2 aromatic rings. The fraction of sp³-hybridized carbons (Fsp3) is 0.391. The van der Waals surface area contributed by atoms with Crippen molar-refractivity contribution in [1.82, 2.24) is 4.90 Å². The van der Waals surface area contributed by atoms with Crippen LogP contribution in [0.1, 0.15) is 42.4 Å². The van der Waals surface area contributed by atoms with Crippen LogP contribution >= 0.6 is 11.6 Å². The predicted molar refractivity (Wildman–Crippen MR) is 111 cm³/mol. The second-order valence-corrected chi connectivity index (χ2v) is 8.13. The van der Waals surface area contributed by atoms with Crippen molar-refractivity contribution in [1.29, 1.82) is 0 Å². The standard InChI is InChI=1S/C23H25ClN2O2/c1-16-7-2-4-11-20(16)22-13-19(28-25-22)15-26(23(27)17-9-6-10-17)14-18-8-3-5-12-21(18)24/h2-5,7-8,11-12,17,19H,6,9-10,13-15H2,1H3/t19-/m1/s1. The zero-order valence-electron chi connectivity index (χ0n) is 16.1. The van der Waals surface area contributed by atoms with Gasteiger partial charge in [-0.3, -0.25) is 4.79 Å². The summed E-state index contributed by atoms with van der Waals surface area (Å²) >= 11 is 6.35. The lowest BCUT2D eigenvalue weighted by atomic mass is 9.84. The average Bonchev–Trinajstić information content (AvgIpc) is 3.10. The minimum atomic E-state index is -0.124. The van der Waals surface area contributed by atoms with E-state index in [2.05, 4.69) is 24.2 Å². The van der Waals surface area contributed by atoms with Crippen LogP contribution in [0.2, 0.25) is 5.02 Å². The highest BCUT2D eigenvalue weighted by atomic mass is 35.5. The largest absolute Gasteiger partial charge is 0.390 e. The third-order valence-corrected chi connectivity index (χ3v) is 6.07. The van der Waals surface area contributed by atoms with E-state index in [4.69, 9.17) is 16.4 Å². The first kappa shape index (κ1) is 19.0. The molecule has 0 aromatic heterocycles. The predicted octanol–water partition coefficient (Wildman–Crippen LogP) is 4.97. The van der Waals surface area contributed by atoms with E-state index in [0.29, 0.717) is 24.5 Å². The molecule has 1 atom stereocenters. The molecule has 0 unspecified atom stereocenters. The third-order valence-electron chi connectivity index (χ3n) is 5.70. The highest BCUT2D eigenvalue weighted by Crippen LogP contribution is 2.30. The molecule has 2 aromatic carbocycles. The summed E-state index contributed by atoms with van der Waals surface area (Å²) < 4.78 is 0. The first-order valence-electron chi connectivity index (χ1n) is 9.92. The number of oxime groups is 1. The first-order valence-corrected chi connectivity index (χ1v) is 10.3. The molecule has 1 saturated carbocycles. The lowest BCUT2D eigenvalue weighted by Crippen LogP contribution is -2.42. The number of nitrogens with zero attached hydrogens (tertiary/aromatic N) is 2. The minimum Gasteiger partial charge on any atom is -0.390 e. The molecular weight excluding hydrogens is 372 g/mol. The van der Waals surface area contributed by atoms with Crippen molar-refractivity contribution >= 4 is 23.2 Å². The summed E-state index contributed by atoms with van der Waals surface area (Å²) in [6.07, 6.45) is 3.68. The van der Waals surface area contributed by atoms with Gasteiger partial charge in [-0.05, 0) is 37.0 Å². The number of benzene rings is 2. The van der Waals surface area contributed by atoms with Crippen molar-refractivity contribution in [3.63, 3.8) is 0 Å². The van der Waals surface area contributed by atoms with Crippen molar-refractivity contribution < 1.29 is 9.63 Å². The number of rotatable bonds is 6. The Morgan fingerprint density at radius 1 is 1.18 bits per heavy atom. The van der Waals surface area contributed by atoms with Gasteiger partial charge < -0.3 is 9.74 Å². The van der Waals surface area contributed by atoms with Gasteiger partial charge in [0, 0.05) is 29.5 Å². The van der Waals surface area contributed by atoms with Gasteiger partial charge in [-0.1, -0.05) is 65.6 Å². The Morgan fingerprint density at radius 3 is 2.64 bits per heavy atom. The summed E-state index contributed by atoms with van der Waals surface area (Å²) in [5, 5.41) is 5.01. The van der Waals surface area contributed by atoms with Crippen LogP contribution < -0.4 is 0 Å². The van der Waals surface area contributed by atoms with Gasteiger partial charge in [0.25, 0.3) is 0 Å². The van der Waals surface area contributed by atoms with Gasteiger partial charge in [0.15, 0.2) is 6.10 Å². The van der Waals surface area contributed by atoms with Crippen molar-refractivity contribution in [3.8, 4) is 0 Å². The Kier molecular flexibility index (Phi) is 5.67. The van der Waals surface area contributed by atoms with Crippen molar-refractivity contribution in [2.24, 2.45) is 11.1 Å². The van der Waals surface area contributed by atoms with E-state index in [9.17, 15) is 4.79 Å². The third kappa shape index (κ3) is 4.07. The summed E-state index contributed by atoms with van der Waals surface area (Å²) in [5.41, 5.74) is 4.23. The van der Waals surface area contributed by atoms with Crippen LogP contribution in [-0.2, 0) is 16.2 Å². The van der Waals surface area contributed by atoms with Gasteiger partial charge >= 0.3 is 0 Å². The molecule has 2 aliphatic rings. The summed E-state index contributed by atoms with van der Waals surface area (Å²) in [6, 6.07) is 15.9. The van der Waals surface area contributed by atoms with Gasteiger partial charge in [0.1, 0.15) is 0 Å². The van der Waals surface area contributed by atoms with E-state index in [1.807, 2.05) is 41.3 Å². The molecule has 1 heterocycles. The average molecular weight is 397 g/mol. The van der Waals surface area contributed by atoms with E-state index in [0.717, 1.165) is 36.1 Å². The highest BCUT2D eigenvalue weighted by Gasteiger charge is 2.33. The van der Waals surface area contributed by atoms with E-state index >= 15 is 0 Å². The van der Waals surface area contributed by atoms with Crippen LogP contribution in [-0.4, -0.2) is 29.2 Å². The molecule has 4 nitrogen and oxygen atoms in total. The number of aryl methyl sites for hydroxylation is 1. The summed E-state index contributed by atoms with van der Waals surface area (Å²) in [5.74, 6) is 0.347. The molecule has 0 N–H and O–H groups in total. The number of hydrogen-bond acceptors (Lipinski definition) is 3. The molecule has 1 amide bonds. The van der Waals surface area contributed by atoms with Crippen molar-refractivity contribution in [3.05, 3.63) is 70.2 Å². The highest BCUT2D eigenvalue weighted by molar-refractivity contribution is 6.31. The number of halogens is 1.